The SMILES string of the molecule is CC1CCC(N(C)CC2(C(C)C)CCNC2)CC1. The van der Waals surface area contributed by atoms with Crippen LogP contribution in [0.15, 0.2) is 0 Å². The first-order valence-corrected chi connectivity index (χ1v) is 7.94. The Balaban J connectivity index is 1.91. The van der Waals surface area contributed by atoms with Gasteiger partial charge in [-0.15, -0.1) is 0 Å². The van der Waals surface area contributed by atoms with E-state index >= 15 is 0 Å². The zero-order chi connectivity index (χ0) is 13.2. The van der Waals surface area contributed by atoms with Crippen LogP contribution in [-0.4, -0.2) is 37.6 Å². The lowest BCUT2D eigenvalue weighted by Gasteiger charge is -2.41. The van der Waals surface area contributed by atoms with Crippen molar-refractivity contribution < 1.29 is 0 Å². The number of nitrogens with zero attached hydrogens (tertiary/aromatic N) is 1. The minimum atomic E-state index is 0.526. The highest BCUT2D eigenvalue weighted by Crippen LogP contribution is 2.36. The van der Waals surface area contributed by atoms with Crippen LogP contribution in [0.1, 0.15) is 52.9 Å². The van der Waals surface area contributed by atoms with Gasteiger partial charge in [0.05, 0.1) is 0 Å². The second-order valence-corrected chi connectivity index (χ2v) is 7.27. The largest absolute Gasteiger partial charge is 0.316 e. The Morgan fingerprint density at radius 3 is 2.39 bits per heavy atom. The van der Waals surface area contributed by atoms with Gasteiger partial charge in [-0.05, 0) is 62.9 Å². The van der Waals surface area contributed by atoms with E-state index in [1.165, 1.54) is 51.7 Å². The normalized spacial score (nSPS) is 37.7. The molecule has 1 heterocycles. The number of rotatable bonds is 4. The van der Waals surface area contributed by atoms with Crippen LogP contribution in [0.2, 0.25) is 0 Å². The highest BCUT2D eigenvalue weighted by Gasteiger charge is 2.39. The molecular weight excluding hydrogens is 220 g/mol. The average Bonchev–Trinajstić information content (AvgIpc) is 2.79. The van der Waals surface area contributed by atoms with E-state index in [0.717, 1.165) is 17.9 Å². The summed E-state index contributed by atoms with van der Waals surface area (Å²) in [5.41, 5.74) is 0.526. The van der Waals surface area contributed by atoms with Gasteiger partial charge in [0.2, 0.25) is 0 Å². The summed E-state index contributed by atoms with van der Waals surface area (Å²) in [5, 5.41) is 3.58. The first-order valence-electron chi connectivity index (χ1n) is 7.94. The quantitative estimate of drug-likeness (QED) is 0.827. The van der Waals surface area contributed by atoms with Crippen molar-refractivity contribution in [2.24, 2.45) is 17.3 Å². The summed E-state index contributed by atoms with van der Waals surface area (Å²) in [6.07, 6.45) is 7.06. The summed E-state index contributed by atoms with van der Waals surface area (Å²) in [4.78, 5) is 2.68. The molecule has 2 nitrogen and oxygen atoms in total. The van der Waals surface area contributed by atoms with E-state index in [-0.39, 0.29) is 0 Å². The first kappa shape index (κ1) is 14.3. The second-order valence-electron chi connectivity index (χ2n) is 7.27. The Morgan fingerprint density at radius 1 is 1.22 bits per heavy atom. The van der Waals surface area contributed by atoms with E-state index in [0.29, 0.717) is 5.41 Å². The van der Waals surface area contributed by atoms with Gasteiger partial charge in [-0.25, -0.2) is 0 Å². The average molecular weight is 252 g/mol. The molecule has 0 aromatic rings. The zero-order valence-electron chi connectivity index (χ0n) is 12.8. The summed E-state index contributed by atoms with van der Waals surface area (Å²) >= 11 is 0. The fraction of sp³-hybridized carbons (Fsp3) is 1.00. The van der Waals surface area contributed by atoms with Crippen LogP contribution in [0.5, 0.6) is 0 Å². The lowest BCUT2D eigenvalue weighted by molar-refractivity contribution is 0.0840. The molecule has 1 aliphatic carbocycles. The van der Waals surface area contributed by atoms with Gasteiger partial charge in [-0.1, -0.05) is 20.8 Å². The monoisotopic (exact) mass is 252 g/mol. The van der Waals surface area contributed by atoms with Gasteiger partial charge < -0.3 is 10.2 Å². The summed E-state index contributed by atoms with van der Waals surface area (Å²) < 4.78 is 0. The molecule has 1 aliphatic heterocycles. The van der Waals surface area contributed by atoms with E-state index in [2.05, 4.69) is 38.0 Å². The van der Waals surface area contributed by atoms with Crippen molar-refractivity contribution in [1.29, 1.82) is 0 Å². The number of hydrogen-bond donors (Lipinski definition) is 1. The molecule has 1 saturated heterocycles. The Kier molecular flexibility index (Phi) is 4.71. The highest BCUT2D eigenvalue weighted by atomic mass is 15.1. The van der Waals surface area contributed by atoms with Crippen LogP contribution in [0.4, 0.5) is 0 Å². The van der Waals surface area contributed by atoms with Gasteiger partial charge in [0.1, 0.15) is 0 Å². The zero-order valence-corrected chi connectivity index (χ0v) is 12.8. The molecule has 1 N–H and O–H groups in total. The van der Waals surface area contributed by atoms with Gasteiger partial charge in [-0.3, -0.25) is 0 Å². The van der Waals surface area contributed by atoms with Crippen LogP contribution < -0.4 is 5.32 Å². The van der Waals surface area contributed by atoms with Crippen LogP contribution in [-0.2, 0) is 0 Å². The van der Waals surface area contributed by atoms with Gasteiger partial charge >= 0.3 is 0 Å². The maximum Gasteiger partial charge on any atom is 0.00926 e. The third-order valence-electron chi connectivity index (χ3n) is 5.67. The molecular formula is C16H32N2. The molecule has 2 rings (SSSR count). The minimum absolute atomic E-state index is 0.526. The predicted octanol–water partition coefficient (Wildman–Crippen LogP) is 3.13. The molecule has 1 atom stereocenters. The van der Waals surface area contributed by atoms with Crippen molar-refractivity contribution >= 4 is 0 Å². The molecule has 2 fully saturated rings. The molecule has 0 amide bonds. The summed E-state index contributed by atoms with van der Waals surface area (Å²) in [5.74, 6) is 1.75. The molecule has 18 heavy (non-hydrogen) atoms. The number of nitrogens with one attached hydrogen (secondary N) is 1. The van der Waals surface area contributed by atoms with Crippen molar-refractivity contribution in [3.05, 3.63) is 0 Å². The maximum absolute atomic E-state index is 3.58. The Bertz CT molecular complexity index is 248. The van der Waals surface area contributed by atoms with Gasteiger partial charge in [0.15, 0.2) is 0 Å². The van der Waals surface area contributed by atoms with E-state index in [9.17, 15) is 0 Å². The highest BCUT2D eigenvalue weighted by molar-refractivity contribution is 4.93. The fourth-order valence-electron chi connectivity index (χ4n) is 3.88. The van der Waals surface area contributed by atoms with E-state index in [4.69, 9.17) is 0 Å². The van der Waals surface area contributed by atoms with Crippen molar-refractivity contribution in [2.45, 2.75) is 58.9 Å². The molecule has 0 spiro atoms. The molecule has 1 unspecified atom stereocenters. The lowest BCUT2D eigenvalue weighted by atomic mass is 9.75. The molecule has 2 heteroatoms. The van der Waals surface area contributed by atoms with Crippen molar-refractivity contribution in [2.75, 3.05) is 26.7 Å². The van der Waals surface area contributed by atoms with E-state index in [1.54, 1.807) is 0 Å². The second kappa shape index (κ2) is 5.92. The van der Waals surface area contributed by atoms with Crippen LogP contribution in [0, 0.1) is 17.3 Å². The maximum atomic E-state index is 3.58. The Labute approximate surface area is 114 Å². The summed E-state index contributed by atoms with van der Waals surface area (Å²) in [6.45, 7) is 10.9. The molecule has 0 aromatic carbocycles. The molecule has 0 bridgehead atoms. The third kappa shape index (κ3) is 3.08. The van der Waals surface area contributed by atoms with E-state index in [1.807, 2.05) is 0 Å². The Hall–Kier alpha value is -0.0800. The van der Waals surface area contributed by atoms with Crippen molar-refractivity contribution in [3.8, 4) is 0 Å². The molecule has 1 saturated carbocycles. The molecule has 0 radical (unpaired) electrons. The van der Waals surface area contributed by atoms with Gasteiger partial charge in [-0.2, -0.15) is 0 Å². The van der Waals surface area contributed by atoms with Crippen LogP contribution >= 0.6 is 0 Å². The van der Waals surface area contributed by atoms with Gasteiger partial charge in [0, 0.05) is 19.1 Å². The molecule has 106 valence electrons. The fourth-order valence-corrected chi connectivity index (χ4v) is 3.88. The smallest absolute Gasteiger partial charge is 0.00926 e. The van der Waals surface area contributed by atoms with Crippen molar-refractivity contribution in [3.63, 3.8) is 0 Å². The standard InChI is InChI=1S/C16H32N2/c1-13(2)16(9-10-17-11-16)12-18(4)15-7-5-14(3)6-8-15/h13-15,17H,5-12H2,1-4H3. The van der Waals surface area contributed by atoms with Crippen molar-refractivity contribution in [1.82, 2.24) is 10.2 Å². The first-order chi connectivity index (χ1) is 8.53. The molecule has 2 aliphatic rings. The lowest BCUT2D eigenvalue weighted by Crippen LogP contribution is -2.46. The number of hydrogen-bond acceptors (Lipinski definition) is 2. The summed E-state index contributed by atoms with van der Waals surface area (Å²) in [6, 6.07) is 0.845. The van der Waals surface area contributed by atoms with Crippen LogP contribution in [0.25, 0.3) is 0 Å². The summed E-state index contributed by atoms with van der Waals surface area (Å²) in [7, 11) is 2.36. The van der Waals surface area contributed by atoms with E-state index < -0.39 is 0 Å². The minimum Gasteiger partial charge on any atom is -0.316 e. The van der Waals surface area contributed by atoms with Crippen LogP contribution in [0.3, 0.4) is 0 Å². The third-order valence-corrected chi connectivity index (χ3v) is 5.67. The topological polar surface area (TPSA) is 15.3 Å². The molecule has 0 aromatic heterocycles. The van der Waals surface area contributed by atoms with Gasteiger partial charge in [0.25, 0.3) is 0 Å². The predicted molar refractivity (Wildman–Crippen MR) is 78.8 cm³/mol. The Morgan fingerprint density at radius 2 is 1.89 bits per heavy atom.